The molecule has 0 N–H and O–H groups in total. The maximum atomic E-state index is 13.0. The van der Waals surface area contributed by atoms with Crippen molar-refractivity contribution in [1.82, 2.24) is 19.7 Å². The zero-order chi connectivity index (χ0) is 17.0. The van der Waals surface area contributed by atoms with E-state index in [0.29, 0.717) is 32.1 Å². The minimum absolute atomic E-state index is 0.235. The van der Waals surface area contributed by atoms with Gasteiger partial charge in [0.1, 0.15) is 6.54 Å². The van der Waals surface area contributed by atoms with Crippen molar-refractivity contribution >= 4 is 17.7 Å². The highest BCUT2D eigenvalue weighted by atomic mass is 32.2. The fourth-order valence-electron chi connectivity index (χ4n) is 2.32. The minimum atomic E-state index is -4.34. The molecule has 10 heteroatoms. The molecule has 1 aliphatic heterocycles. The van der Waals surface area contributed by atoms with E-state index in [1.807, 2.05) is 12.1 Å². The van der Waals surface area contributed by atoms with Crippen LogP contribution in [0.25, 0.3) is 0 Å². The Morgan fingerprint density at radius 2 is 1.96 bits per heavy atom. The van der Waals surface area contributed by atoms with Crippen molar-refractivity contribution in [2.45, 2.75) is 23.6 Å². The van der Waals surface area contributed by atoms with Crippen molar-refractivity contribution in [3.63, 3.8) is 0 Å². The number of hydrogen-bond donors (Lipinski definition) is 0. The van der Waals surface area contributed by atoms with Gasteiger partial charge in [-0.05, 0) is 12.1 Å². The Labute approximate surface area is 141 Å². The Kier molecular flexibility index (Phi) is 5.24. The summed E-state index contributed by atoms with van der Waals surface area (Å²) >= 11 is 1.19. The highest BCUT2D eigenvalue weighted by molar-refractivity contribution is 7.98. The van der Waals surface area contributed by atoms with Gasteiger partial charge in [0.2, 0.25) is 5.95 Å². The van der Waals surface area contributed by atoms with Crippen LogP contribution in [0.1, 0.15) is 5.69 Å². The summed E-state index contributed by atoms with van der Waals surface area (Å²) in [5, 5.41) is 8.17. The summed E-state index contributed by atoms with van der Waals surface area (Å²) in [4.78, 5) is 5.94. The number of morpholine rings is 1. The van der Waals surface area contributed by atoms with Crippen molar-refractivity contribution in [3.05, 3.63) is 30.1 Å². The van der Waals surface area contributed by atoms with Gasteiger partial charge in [0.25, 0.3) is 0 Å². The van der Waals surface area contributed by atoms with Crippen LogP contribution in [0, 0.1) is 0 Å². The quantitative estimate of drug-likeness (QED) is 0.764. The van der Waals surface area contributed by atoms with Gasteiger partial charge in [0.05, 0.1) is 18.9 Å². The summed E-state index contributed by atoms with van der Waals surface area (Å²) in [7, 11) is 0. The van der Waals surface area contributed by atoms with Crippen LogP contribution < -0.4 is 4.90 Å². The lowest BCUT2D eigenvalue weighted by molar-refractivity contribution is -0.141. The number of pyridine rings is 1. The normalized spacial score (nSPS) is 15.7. The van der Waals surface area contributed by atoms with Gasteiger partial charge >= 0.3 is 6.18 Å². The average molecular weight is 359 g/mol. The number of ether oxygens (including phenoxy) is 1. The molecule has 3 heterocycles. The predicted octanol–water partition coefficient (Wildman–Crippen LogP) is 2.36. The molecular formula is C14H16F3N5OS. The van der Waals surface area contributed by atoms with E-state index in [-0.39, 0.29) is 11.1 Å². The first-order valence-electron chi connectivity index (χ1n) is 7.38. The molecule has 0 spiro atoms. The summed E-state index contributed by atoms with van der Waals surface area (Å²) in [6.07, 6.45) is -2.70. The fraction of sp³-hybridized carbons (Fsp3) is 0.500. The molecule has 1 aliphatic rings. The van der Waals surface area contributed by atoms with E-state index in [0.717, 1.165) is 10.3 Å². The number of thioether (sulfide) groups is 1. The number of halogens is 3. The molecule has 0 aromatic carbocycles. The summed E-state index contributed by atoms with van der Waals surface area (Å²) < 4.78 is 45.3. The van der Waals surface area contributed by atoms with Crippen LogP contribution >= 0.6 is 11.8 Å². The highest BCUT2D eigenvalue weighted by Crippen LogP contribution is 2.29. The molecule has 1 saturated heterocycles. The van der Waals surface area contributed by atoms with Crippen molar-refractivity contribution in [1.29, 1.82) is 0 Å². The first kappa shape index (κ1) is 17.0. The number of anilines is 1. The lowest BCUT2D eigenvalue weighted by Gasteiger charge is -2.28. The van der Waals surface area contributed by atoms with Crippen molar-refractivity contribution in [3.8, 4) is 0 Å². The second kappa shape index (κ2) is 7.39. The van der Waals surface area contributed by atoms with Crippen molar-refractivity contribution < 1.29 is 17.9 Å². The Hall–Kier alpha value is -1.81. The number of aromatic nitrogens is 4. The van der Waals surface area contributed by atoms with Gasteiger partial charge in [-0.15, -0.1) is 10.2 Å². The molecule has 3 rings (SSSR count). The van der Waals surface area contributed by atoms with Crippen molar-refractivity contribution in [2.24, 2.45) is 0 Å². The standard InChI is InChI=1S/C14H16F3N5OS/c15-14(16,17)10-22-12(21-5-7-23-8-6-21)19-20-13(22)24-9-11-3-1-2-4-18-11/h1-4H,5-10H2. The predicted molar refractivity (Wildman–Crippen MR) is 82.9 cm³/mol. The van der Waals surface area contributed by atoms with E-state index < -0.39 is 12.7 Å². The second-order valence-corrected chi connectivity index (χ2v) is 6.14. The van der Waals surface area contributed by atoms with Crippen LogP contribution in [0.4, 0.5) is 19.1 Å². The zero-order valence-corrected chi connectivity index (χ0v) is 13.6. The molecule has 0 bridgehead atoms. The fourth-order valence-corrected chi connectivity index (χ4v) is 3.17. The van der Waals surface area contributed by atoms with Gasteiger partial charge in [-0.2, -0.15) is 13.2 Å². The summed E-state index contributed by atoms with van der Waals surface area (Å²) in [6.45, 7) is 0.823. The molecule has 2 aromatic rings. The monoisotopic (exact) mass is 359 g/mol. The van der Waals surface area contributed by atoms with Crippen molar-refractivity contribution in [2.75, 3.05) is 31.2 Å². The SMILES string of the molecule is FC(F)(F)Cn1c(SCc2ccccn2)nnc1N1CCOCC1. The lowest BCUT2D eigenvalue weighted by Crippen LogP contribution is -2.38. The Bertz CT molecular complexity index is 658. The molecule has 24 heavy (non-hydrogen) atoms. The van der Waals surface area contributed by atoms with Gasteiger partial charge in [-0.3, -0.25) is 9.55 Å². The summed E-state index contributed by atoms with van der Waals surface area (Å²) in [5.41, 5.74) is 0.775. The number of hydrogen-bond acceptors (Lipinski definition) is 6. The molecule has 2 aromatic heterocycles. The topological polar surface area (TPSA) is 56.1 Å². The molecule has 0 saturated carbocycles. The second-order valence-electron chi connectivity index (χ2n) is 5.19. The third kappa shape index (κ3) is 4.38. The van der Waals surface area contributed by atoms with Gasteiger partial charge in [-0.25, -0.2) is 0 Å². The first-order valence-corrected chi connectivity index (χ1v) is 8.37. The summed E-state index contributed by atoms with van der Waals surface area (Å²) in [6, 6.07) is 5.44. The van der Waals surface area contributed by atoms with Crippen LogP contribution in [-0.4, -0.2) is 52.2 Å². The molecule has 0 aliphatic carbocycles. The molecule has 0 unspecified atom stereocenters. The van der Waals surface area contributed by atoms with Crippen LogP contribution in [0.15, 0.2) is 29.6 Å². The van der Waals surface area contributed by atoms with E-state index in [2.05, 4.69) is 15.2 Å². The maximum absolute atomic E-state index is 13.0. The molecule has 0 radical (unpaired) electrons. The van der Waals surface area contributed by atoms with E-state index in [1.54, 1.807) is 17.2 Å². The molecule has 130 valence electrons. The van der Waals surface area contributed by atoms with Crippen LogP contribution in [-0.2, 0) is 17.0 Å². The van der Waals surface area contributed by atoms with E-state index in [4.69, 9.17) is 4.74 Å². The Morgan fingerprint density at radius 3 is 2.62 bits per heavy atom. The lowest BCUT2D eigenvalue weighted by atomic mass is 10.4. The van der Waals surface area contributed by atoms with E-state index in [9.17, 15) is 13.2 Å². The van der Waals surface area contributed by atoms with Gasteiger partial charge in [0.15, 0.2) is 5.16 Å². The number of rotatable bonds is 5. The minimum Gasteiger partial charge on any atom is -0.378 e. The number of nitrogens with zero attached hydrogens (tertiary/aromatic N) is 5. The first-order chi connectivity index (χ1) is 11.5. The van der Waals surface area contributed by atoms with Gasteiger partial charge in [-0.1, -0.05) is 17.8 Å². The van der Waals surface area contributed by atoms with E-state index >= 15 is 0 Å². The van der Waals surface area contributed by atoms with Gasteiger partial charge in [0, 0.05) is 25.0 Å². The molecule has 0 amide bonds. The molecular weight excluding hydrogens is 343 g/mol. The van der Waals surface area contributed by atoms with Crippen LogP contribution in [0.2, 0.25) is 0 Å². The smallest absolute Gasteiger partial charge is 0.378 e. The maximum Gasteiger partial charge on any atom is 0.406 e. The molecule has 1 fully saturated rings. The molecule has 6 nitrogen and oxygen atoms in total. The Morgan fingerprint density at radius 1 is 1.17 bits per heavy atom. The zero-order valence-electron chi connectivity index (χ0n) is 12.7. The van der Waals surface area contributed by atoms with Gasteiger partial charge < -0.3 is 9.64 Å². The largest absolute Gasteiger partial charge is 0.406 e. The third-order valence-electron chi connectivity index (χ3n) is 3.40. The summed E-state index contributed by atoms with van der Waals surface area (Å²) in [5.74, 6) is 0.666. The highest BCUT2D eigenvalue weighted by Gasteiger charge is 2.32. The third-order valence-corrected chi connectivity index (χ3v) is 4.40. The number of alkyl halides is 3. The van der Waals surface area contributed by atoms with E-state index in [1.165, 1.54) is 11.8 Å². The average Bonchev–Trinajstić information content (AvgIpc) is 2.95. The Balaban J connectivity index is 1.80. The molecule has 0 atom stereocenters. The van der Waals surface area contributed by atoms with Crippen LogP contribution in [0.3, 0.4) is 0 Å². The van der Waals surface area contributed by atoms with Crippen LogP contribution in [0.5, 0.6) is 0 Å².